The van der Waals surface area contributed by atoms with Crippen LogP contribution in [0.25, 0.3) is 11.0 Å². The molecule has 0 spiro atoms. The summed E-state index contributed by atoms with van der Waals surface area (Å²) < 4.78 is 16.4. The highest BCUT2D eigenvalue weighted by Crippen LogP contribution is 2.24. The van der Waals surface area contributed by atoms with E-state index in [9.17, 15) is 4.39 Å². The van der Waals surface area contributed by atoms with Gasteiger partial charge in [0.2, 0.25) is 0 Å². The number of aromatic amines is 1. The molecule has 3 rings (SSSR count). The molecule has 0 aliphatic carbocycles. The molecule has 0 bridgehead atoms. The summed E-state index contributed by atoms with van der Waals surface area (Å²) in [5, 5.41) is 0. The van der Waals surface area contributed by atoms with E-state index in [1.165, 1.54) is 11.6 Å². The SMILES string of the molecule is Cc1cc2c(cc1F)[nH]c(=S)n2C(C)Cc1ccccc1. The van der Waals surface area contributed by atoms with E-state index in [0.717, 1.165) is 17.5 Å². The molecule has 1 N–H and O–H groups in total. The Morgan fingerprint density at radius 3 is 2.67 bits per heavy atom. The third-order valence-electron chi connectivity index (χ3n) is 3.81. The number of halogens is 1. The molecular weight excluding hydrogens is 283 g/mol. The molecule has 108 valence electrons. The highest BCUT2D eigenvalue weighted by Gasteiger charge is 2.13. The predicted octanol–water partition coefficient (Wildman–Crippen LogP) is 4.95. The van der Waals surface area contributed by atoms with Crippen LogP contribution in [0.3, 0.4) is 0 Å². The van der Waals surface area contributed by atoms with E-state index in [4.69, 9.17) is 12.2 Å². The van der Waals surface area contributed by atoms with Gasteiger partial charge >= 0.3 is 0 Å². The van der Waals surface area contributed by atoms with Crippen LogP contribution >= 0.6 is 12.2 Å². The number of hydrogen-bond donors (Lipinski definition) is 1. The fraction of sp³-hybridized carbons (Fsp3) is 0.235. The van der Waals surface area contributed by atoms with E-state index < -0.39 is 0 Å². The molecule has 4 heteroatoms. The van der Waals surface area contributed by atoms with Gasteiger partial charge in [-0.1, -0.05) is 30.3 Å². The predicted molar refractivity (Wildman–Crippen MR) is 86.7 cm³/mol. The summed E-state index contributed by atoms with van der Waals surface area (Å²) in [6.07, 6.45) is 0.887. The molecule has 0 radical (unpaired) electrons. The van der Waals surface area contributed by atoms with E-state index in [0.29, 0.717) is 10.3 Å². The summed E-state index contributed by atoms with van der Waals surface area (Å²) in [4.78, 5) is 3.10. The summed E-state index contributed by atoms with van der Waals surface area (Å²) in [5.41, 5.74) is 3.61. The third kappa shape index (κ3) is 2.63. The molecule has 3 aromatic rings. The minimum atomic E-state index is -0.207. The van der Waals surface area contributed by atoms with E-state index in [1.807, 2.05) is 24.3 Å². The number of nitrogens with one attached hydrogen (secondary N) is 1. The molecule has 1 atom stereocenters. The first-order valence-corrected chi connectivity index (χ1v) is 7.41. The fourth-order valence-electron chi connectivity index (χ4n) is 2.73. The van der Waals surface area contributed by atoms with Crippen molar-refractivity contribution < 1.29 is 4.39 Å². The van der Waals surface area contributed by atoms with Crippen LogP contribution < -0.4 is 0 Å². The lowest BCUT2D eigenvalue weighted by atomic mass is 10.1. The normalized spacial score (nSPS) is 12.7. The highest BCUT2D eigenvalue weighted by atomic mass is 32.1. The quantitative estimate of drug-likeness (QED) is 0.679. The maximum absolute atomic E-state index is 13.7. The lowest BCUT2D eigenvalue weighted by Crippen LogP contribution is -2.08. The van der Waals surface area contributed by atoms with Crippen molar-refractivity contribution >= 4 is 23.3 Å². The van der Waals surface area contributed by atoms with Gasteiger partial charge in [0.15, 0.2) is 4.77 Å². The maximum Gasteiger partial charge on any atom is 0.178 e. The number of benzene rings is 2. The summed E-state index contributed by atoms with van der Waals surface area (Å²) in [7, 11) is 0. The summed E-state index contributed by atoms with van der Waals surface area (Å²) in [6.45, 7) is 3.91. The van der Waals surface area contributed by atoms with Crippen LogP contribution in [0.4, 0.5) is 4.39 Å². The fourth-order valence-corrected chi connectivity index (χ4v) is 3.12. The molecular formula is C17H17FN2S. The Labute approximate surface area is 128 Å². The molecule has 1 unspecified atom stereocenters. The monoisotopic (exact) mass is 300 g/mol. The topological polar surface area (TPSA) is 20.7 Å². The van der Waals surface area contributed by atoms with E-state index >= 15 is 0 Å². The van der Waals surface area contributed by atoms with Crippen molar-refractivity contribution in [2.75, 3.05) is 0 Å². The Morgan fingerprint density at radius 1 is 1.24 bits per heavy atom. The number of aromatic nitrogens is 2. The molecule has 0 saturated carbocycles. The number of fused-ring (bicyclic) bond motifs is 1. The van der Waals surface area contributed by atoms with Crippen molar-refractivity contribution in [2.24, 2.45) is 0 Å². The smallest absolute Gasteiger partial charge is 0.178 e. The number of aryl methyl sites for hydroxylation is 1. The first-order chi connectivity index (χ1) is 10.1. The largest absolute Gasteiger partial charge is 0.330 e. The Bertz CT molecular complexity index is 833. The zero-order valence-electron chi connectivity index (χ0n) is 12.1. The molecule has 0 saturated heterocycles. The van der Waals surface area contributed by atoms with Crippen molar-refractivity contribution in [2.45, 2.75) is 26.3 Å². The minimum Gasteiger partial charge on any atom is -0.330 e. The molecule has 0 amide bonds. The standard InChI is InChI=1S/C17H17FN2S/c1-11-8-16-15(10-14(11)18)19-17(21)20(16)12(2)9-13-6-4-3-5-7-13/h3-8,10,12H,9H2,1-2H3,(H,19,21). The van der Waals surface area contributed by atoms with Gasteiger partial charge in [-0.3, -0.25) is 0 Å². The van der Waals surface area contributed by atoms with Gasteiger partial charge in [0, 0.05) is 6.04 Å². The lowest BCUT2D eigenvalue weighted by Gasteiger charge is -2.15. The molecule has 0 aliphatic heterocycles. The molecule has 0 fully saturated rings. The number of nitrogens with zero attached hydrogens (tertiary/aromatic N) is 1. The van der Waals surface area contributed by atoms with Crippen molar-refractivity contribution in [3.63, 3.8) is 0 Å². The first kappa shape index (κ1) is 14.0. The first-order valence-electron chi connectivity index (χ1n) is 7.00. The van der Waals surface area contributed by atoms with Crippen LogP contribution in [0.2, 0.25) is 0 Å². The Morgan fingerprint density at radius 2 is 1.95 bits per heavy atom. The van der Waals surface area contributed by atoms with E-state index in [2.05, 4.69) is 28.6 Å². The van der Waals surface area contributed by atoms with Crippen LogP contribution in [-0.4, -0.2) is 9.55 Å². The third-order valence-corrected chi connectivity index (χ3v) is 4.11. The van der Waals surface area contributed by atoms with Gasteiger partial charge in [0.05, 0.1) is 11.0 Å². The van der Waals surface area contributed by atoms with Crippen molar-refractivity contribution in [3.05, 3.63) is 64.2 Å². The molecule has 2 nitrogen and oxygen atoms in total. The van der Waals surface area contributed by atoms with Gasteiger partial charge < -0.3 is 9.55 Å². The van der Waals surface area contributed by atoms with Crippen LogP contribution in [0, 0.1) is 17.5 Å². The number of rotatable bonds is 3. The van der Waals surface area contributed by atoms with Crippen LogP contribution in [0.1, 0.15) is 24.1 Å². The number of imidazole rings is 1. The molecule has 2 aromatic carbocycles. The van der Waals surface area contributed by atoms with E-state index in [1.54, 1.807) is 6.92 Å². The maximum atomic E-state index is 13.7. The van der Waals surface area contributed by atoms with Gasteiger partial charge in [0.25, 0.3) is 0 Å². The molecule has 1 heterocycles. The zero-order valence-corrected chi connectivity index (χ0v) is 12.9. The van der Waals surface area contributed by atoms with Crippen LogP contribution in [0.5, 0.6) is 0 Å². The van der Waals surface area contributed by atoms with E-state index in [-0.39, 0.29) is 11.9 Å². The molecule has 0 aliphatic rings. The van der Waals surface area contributed by atoms with Crippen molar-refractivity contribution in [1.82, 2.24) is 9.55 Å². The highest BCUT2D eigenvalue weighted by molar-refractivity contribution is 7.71. The van der Waals surface area contributed by atoms with Gasteiger partial charge in [-0.15, -0.1) is 0 Å². The van der Waals surface area contributed by atoms with Gasteiger partial charge in [0.1, 0.15) is 5.82 Å². The Kier molecular flexibility index (Phi) is 3.64. The second-order valence-corrected chi connectivity index (χ2v) is 5.84. The minimum absolute atomic E-state index is 0.207. The lowest BCUT2D eigenvalue weighted by molar-refractivity contribution is 0.552. The Hall–Kier alpha value is -1.94. The average Bonchev–Trinajstić information content (AvgIpc) is 2.75. The summed E-state index contributed by atoms with van der Waals surface area (Å²) in [5.74, 6) is -0.207. The van der Waals surface area contributed by atoms with Gasteiger partial charge in [-0.25, -0.2) is 4.39 Å². The second-order valence-electron chi connectivity index (χ2n) is 5.46. The van der Waals surface area contributed by atoms with Crippen molar-refractivity contribution in [3.8, 4) is 0 Å². The van der Waals surface area contributed by atoms with Crippen LogP contribution in [-0.2, 0) is 6.42 Å². The Balaban J connectivity index is 2.05. The number of H-pyrrole nitrogens is 1. The van der Waals surface area contributed by atoms with Crippen LogP contribution in [0.15, 0.2) is 42.5 Å². The summed E-state index contributed by atoms with van der Waals surface area (Å²) in [6, 6.07) is 13.9. The average molecular weight is 300 g/mol. The second kappa shape index (κ2) is 5.45. The van der Waals surface area contributed by atoms with Crippen molar-refractivity contribution in [1.29, 1.82) is 0 Å². The van der Waals surface area contributed by atoms with Gasteiger partial charge in [-0.05, 0) is 55.7 Å². The number of hydrogen-bond acceptors (Lipinski definition) is 1. The zero-order chi connectivity index (χ0) is 15.0. The van der Waals surface area contributed by atoms with Gasteiger partial charge in [-0.2, -0.15) is 0 Å². The summed E-state index contributed by atoms with van der Waals surface area (Å²) >= 11 is 5.42. The molecule has 1 aromatic heterocycles. The molecule has 21 heavy (non-hydrogen) atoms.